The molecule has 0 bridgehead atoms. The fraction of sp³-hybridized carbons (Fsp3) is 0.211. The van der Waals surface area contributed by atoms with Crippen molar-refractivity contribution in [2.75, 3.05) is 20.6 Å². The van der Waals surface area contributed by atoms with Gasteiger partial charge in [-0.2, -0.15) is 0 Å². The van der Waals surface area contributed by atoms with Crippen molar-refractivity contribution < 1.29 is 0 Å². The first-order valence-corrected chi connectivity index (χ1v) is 8.32. The summed E-state index contributed by atoms with van der Waals surface area (Å²) in [5.74, 6) is 0. The molecule has 122 valence electrons. The molecule has 0 amide bonds. The van der Waals surface area contributed by atoms with Crippen molar-refractivity contribution in [3.8, 4) is 0 Å². The van der Waals surface area contributed by atoms with E-state index >= 15 is 0 Å². The Labute approximate surface area is 144 Å². The van der Waals surface area contributed by atoms with E-state index < -0.39 is 0 Å². The van der Waals surface area contributed by atoms with E-state index in [0.29, 0.717) is 17.1 Å². The number of H-pyrrole nitrogens is 1. The van der Waals surface area contributed by atoms with E-state index in [1.807, 2.05) is 55.1 Å². The van der Waals surface area contributed by atoms with E-state index in [1.54, 1.807) is 0 Å². The molecule has 5 heteroatoms. The lowest BCUT2D eigenvalue weighted by molar-refractivity contribution is 0.384. The number of para-hydroxylation sites is 2. The number of aromatic amines is 1. The lowest BCUT2D eigenvalue weighted by atomic mass is 10.1. The van der Waals surface area contributed by atoms with Gasteiger partial charge in [-0.25, -0.2) is 0 Å². The van der Waals surface area contributed by atoms with Crippen molar-refractivity contribution in [3.63, 3.8) is 0 Å². The molecule has 0 atom stereocenters. The molecule has 0 aliphatic carbocycles. The van der Waals surface area contributed by atoms with Crippen LogP contribution in [0.2, 0.25) is 5.02 Å². The van der Waals surface area contributed by atoms with Crippen LogP contribution in [0.5, 0.6) is 0 Å². The molecule has 0 radical (unpaired) electrons. The summed E-state index contributed by atoms with van der Waals surface area (Å²) in [7, 11) is 4.02. The summed E-state index contributed by atoms with van der Waals surface area (Å²) in [6.45, 7) is 1.45. The minimum atomic E-state index is -0.00202. The van der Waals surface area contributed by atoms with Gasteiger partial charge in [-0.1, -0.05) is 41.9 Å². The minimum Gasteiger partial charge on any atom is -0.349 e. The van der Waals surface area contributed by atoms with Gasteiger partial charge >= 0.3 is 0 Å². The second-order valence-electron chi connectivity index (χ2n) is 6.31. The molecule has 0 aliphatic rings. The maximum atomic E-state index is 13.1. The van der Waals surface area contributed by atoms with E-state index in [4.69, 9.17) is 11.6 Å². The Morgan fingerprint density at radius 1 is 1.04 bits per heavy atom. The predicted molar refractivity (Wildman–Crippen MR) is 101 cm³/mol. The number of rotatable bonds is 3. The van der Waals surface area contributed by atoms with Crippen molar-refractivity contribution in [3.05, 3.63) is 57.8 Å². The number of aromatic nitrogens is 2. The lowest BCUT2D eigenvalue weighted by Crippen LogP contribution is -2.27. The van der Waals surface area contributed by atoms with E-state index in [2.05, 4.69) is 16.0 Å². The van der Waals surface area contributed by atoms with Crippen LogP contribution >= 0.6 is 11.6 Å². The van der Waals surface area contributed by atoms with Crippen LogP contribution in [0.25, 0.3) is 32.7 Å². The Morgan fingerprint density at radius 2 is 1.79 bits per heavy atom. The Morgan fingerprint density at radius 3 is 2.58 bits per heavy atom. The van der Waals surface area contributed by atoms with Crippen molar-refractivity contribution in [2.45, 2.75) is 6.54 Å². The molecule has 4 rings (SSSR count). The zero-order chi connectivity index (χ0) is 16.8. The highest BCUT2D eigenvalue weighted by Gasteiger charge is 2.16. The monoisotopic (exact) mass is 339 g/mol. The van der Waals surface area contributed by atoms with E-state index in [0.717, 1.165) is 33.7 Å². The molecule has 0 fully saturated rings. The van der Waals surface area contributed by atoms with Crippen LogP contribution in [-0.4, -0.2) is 35.1 Å². The number of nitrogens with one attached hydrogen (secondary N) is 1. The lowest BCUT2D eigenvalue weighted by Gasteiger charge is -2.14. The van der Waals surface area contributed by atoms with Gasteiger partial charge in [0.05, 0.1) is 16.1 Å². The van der Waals surface area contributed by atoms with Crippen LogP contribution < -0.4 is 5.56 Å². The maximum absolute atomic E-state index is 13.1. The zero-order valence-electron chi connectivity index (χ0n) is 13.6. The Bertz CT molecular complexity index is 1120. The first-order chi connectivity index (χ1) is 11.6. The normalized spacial score (nSPS) is 12.0. The van der Waals surface area contributed by atoms with Gasteiger partial charge in [-0.3, -0.25) is 4.79 Å². The van der Waals surface area contributed by atoms with Gasteiger partial charge in [0, 0.05) is 29.2 Å². The molecule has 0 unspecified atom stereocenters. The van der Waals surface area contributed by atoms with Crippen LogP contribution in [0.1, 0.15) is 0 Å². The summed E-state index contributed by atoms with van der Waals surface area (Å²) in [4.78, 5) is 18.4. The molecular formula is C19H18ClN3O. The molecule has 24 heavy (non-hydrogen) atoms. The fourth-order valence-corrected chi connectivity index (χ4v) is 3.53. The first kappa shape index (κ1) is 15.2. The molecule has 4 aromatic rings. The summed E-state index contributed by atoms with van der Waals surface area (Å²) < 4.78 is 1.85. The van der Waals surface area contributed by atoms with E-state index in [9.17, 15) is 4.79 Å². The topological polar surface area (TPSA) is 41.0 Å². The van der Waals surface area contributed by atoms with Gasteiger partial charge in [-0.05, 0) is 26.2 Å². The number of hydrogen-bond donors (Lipinski definition) is 1. The van der Waals surface area contributed by atoms with Crippen LogP contribution in [0, 0.1) is 0 Å². The third-order valence-corrected chi connectivity index (χ3v) is 4.79. The average Bonchev–Trinajstić information content (AvgIpc) is 2.96. The largest absolute Gasteiger partial charge is 0.349 e. The molecule has 2 aromatic heterocycles. The highest BCUT2D eigenvalue weighted by Crippen LogP contribution is 2.33. The number of benzene rings is 2. The van der Waals surface area contributed by atoms with Gasteiger partial charge < -0.3 is 14.5 Å². The Hall–Kier alpha value is -2.30. The molecule has 0 saturated carbocycles. The van der Waals surface area contributed by atoms with Gasteiger partial charge in [-0.15, -0.1) is 0 Å². The quantitative estimate of drug-likeness (QED) is 0.616. The third kappa shape index (κ3) is 2.22. The number of halogens is 1. The number of pyridine rings is 1. The SMILES string of the molecule is CN(C)CCn1c(=O)c2[nH]c3c(Cl)cccc3c2c2ccccc21. The van der Waals surface area contributed by atoms with Crippen LogP contribution in [-0.2, 0) is 6.54 Å². The van der Waals surface area contributed by atoms with E-state index in [1.165, 1.54) is 0 Å². The van der Waals surface area contributed by atoms with Crippen LogP contribution in [0.4, 0.5) is 0 Å². The second-order valence-corrected chi connectivity index (χ2v) is 6.72. The minimum absolute atomic E-state index is 0.00202. The smallest absolute Gasteiger partial charge is 0.275 e. The second kappa shape index (κ2) is 5.65. The highest BCUT2D eigenvalue weighted by molar-refractivity contribution is 6.37. The van der Waals surface area contributed by atoms with E-state index in [-0.39, 0.29) is 5.56 Å². The van der Waals surface area contributed by atoms with Crippen molar-refractivity contribution >= 4 is 44.3 Å². The molecule has 1 N–H and O–H groups in total. The molecule has 4 nitrogen and oxygen atoms in total. The summed E-state index contributed by atoms with van der Waals surface area (Å²) in [6, 6.07) is 13.8. The zero-order valence-corrected chi connectivity index (χ0v) is 14.4. The molecular weight excluding hydrogens is 322 g/mol. The van der Waals surface area contributed by atoms with Gasteiger partial charge in [0.2, 0.25) is 0 Å². The summed E-state index contributed by atoms with van der Waals surface area (Å²) in [5.41, 5.74) is 2.40. The van der Waals surface area contributed by atoms with Crippen molar-refractivity contribution in [2.24, 2.45) is 0 Å². The number of nitrogens with zero attached hydrogens (tertiary/aromatic N) is 2. The highest BCUT2D eigenvalue weighted by atomic mass is 35.5. The number of fused-ring (bicyclic) bond motifs is 5. The van der Waals surface area contributed by atoms with Gasteiger partial charge in [0.1, 0.15) is 5.52 Å². The summed E-state index contributed by atoms with van der Waals surface area (Å²) in [5, 5.41) is 3.64. The molecule has 0 saturated heterocycles. The van der Waals surface area contributed by atoms with Crippen molar-refractivity contribution in [1.29, 1.82) is 0 Å². The molecule has 2 heterocycles. The summed E-state index contributed by atoms with van der Waals surface area (Å²) >= 11 is 6.33. The van der Waals surface area contributed by atoms with Crippen molar-refractivity contribution in [1.82, 2.24) is 14.5 Å². The third-order valence-electron chi connectivity index (χ3n) is 4.48. The van der Waals surface area contributed by atoms with Crippen LogP contribution in [0.3, 0.4) is 0 Å². The molecule has 0 spiro atoms. The average molecular weight is 340 g/mol. The molecule has 2 aromatic carbocycles. The maximum Gasteiger partial charge on any atom is 0.275 e. The first-order valence-electron chi connectivity index (χ1n) is 7.94. The standard InChI is InChI=1S/C19H18ClN3O/c1-22(2)10-11-23-15-9-4-3-6-12(15)16-13-7-5-8-14(20)17(13)21-18(16)19(23)24/h3-9,21H,10-11H2,1-2H3. The molecule has 0 aliphatic heterocycles. The Kier molecular flexibility index (Phi) is 3.59. The summed E-state index contributed by atoms with van der Waals surface area (Å²) in [6.07, 6.45) is 0. The fourth-order valence-electron chi connectivity index (χ4n) is 3.31. The van der Waals surface area contributed by atoms with Gasteiger partial charge in [0.25, 0.3) is 5.56 Å². The Balaban J connectivity index is 2.17. The van der Waals surface area contributed by atoms with Gasteiger partial charge in [0.15, 0.2) is 0 Å². The number of hydrogen-bond acceptors (Lipinski definition) is 2. The van der Waals surface area contributed by atoms with Crippen LogP contribution in [0.15, 0.2) is 47.3 Å². The predicted octanol–water partition coefficient (Wildman–Crippen LogP) is 3.85. The number of likely N-dealkylation sites (N-methyl/N-ethyl adjacent to an activating group) is 1.